The van der Waals surface area contributed by atoms with E-state index in [1.165, 1.54) is 0 Å². The van der Waals surface area contributed by atoms with Crippen molar-refractivity contribution >= 4 is 11.9 Å². The van der Waals surface area contributed by atoms with E-state index in [1.807, 2.05) is 4.90 Å². The van der Waals surface area contributed by atoms with Crippen LogP contribution in [0.15, 0.2) is 0 Å². The summed E-state index contributed by atoms with van der Waals surface area (Å²) >= 11 is 0. The minimum atomic E-state index is -0.710. The lowest BCUT2D eigenvalue weighted by Crippen LogP contribution is -2.63. The molecule has 4 nitrogen and oxygen atoms in total. The Labute approximate surface area is 76.5 Å². The third-order valence-corrected chi connectivity index (χ3v) is 3.16. The topological polar surface area (TPSA) is 57.6 Å². The maximum absolute atomic E-state index is 11.1. The van der Waals surface area contributed by atoms with Crippen LogP contribution in [0.25, 0.3) is 0 Å². The van der Waals surface area contributed by atoms with Crippen LogP contribution in [0, 0.1) is 5.92 Å². The molecule has 2 atom stereocenters. The molecule has 3 aliphatic rings. The molecule has 2 bridgehead atoms. The Hall–Kier alpha value is -1.06. The summed E-state index contributed by atoms with van der Waals surface area (Å²) in [6.07, 6.45) is 2.29. The highest BCUT2D eigenvalue weighted by atomic mass is 16.4. The van der Waals surface area contributed by atoms with Crippen molar-refractivity contribution in [1.82, 2.24) is 4.90 Å². The first-order valence-corrected chi connectivity index (χ1v) is 4.61. The third-order valence-electron chi connectivity index (χ3n) is 3.16. The second-order valence-electron chi connectivity index (χ2n) is 3.98. The van der Waals surface area contributed by atoms with Crippen LogP contribution in [-0.4, -0.2) is 34.0 Å². The molecule has 1 aliphatic carbocycles. The van der Waals surface area contributed by atoms with Crippen molar-refractivity contribution < 1.29 is 14.7 Å². The van der Waals surface area contributed by atoms with Crippen LogP contribution in [-0.2, 0) is 9.59 Å². The first-order chi connectivity index (χ1) is 6.09. The van der Waals surface area contributed by atoms with Gasteiger partial charge in [-0.2, -0.15) is 0 Å². The number of carbonyl (C=O) groups is 2. The number of carboxylic acids is 1. The van der Waals surface area contributed by atoms with Gasteiger partial charge in [-0.1, -0.05) is 0 Å². The summed E-state index contributed by atoms with van der Waals surface area (Å²) in [6.45, 7) is 1.56. The first-order valence-electron chi connectivity index (χ1n) is 4.61. The number of piperidine rings is 1. The minimum Gasteiger partial charge on any atom is -0.481 e. The highest BCUT2D eigenvalue weighted by Gasteiger charge is 2.48. The van der Waals surface area contributed by atoms with E-state index in [0.717, 1.165) is 6.42 Å². The number of aliphatic carboxylic acids is 1. The molecule has 2 unspecified atom stereocenters. The lowest BCUT2D eigenvalue weighted by molar-refractivity contribution is -0.160. The molecule has 0 aromatic rings. The number of carboxylic acid groups (broad SMARTS) is 1. The van der Waals surface area contributed by atoms with Gasteiger partial charge in [0, 0.05) is 19.0 Å². The van der Waals surface area contributed by atoms with Gasteiger partial charge >= 0.3 is 5.97 Å². The molecule has 0 spiro atoms. The van der Waals surface area contributed by atoms with Crippen molar-refractivity contribution in [1.29, 1.82) is 0 Å². The van der Waals surface area contributed by atoms with E-state index < -0.39 is 5.97 Å². The molecule has 1 N–H and O–H groups in total. The Kier molecular flexibility index (Phi) is 1.78. The van der Waals surface area contributed by atoms with E-state index in [4.69, 9.17) is 5.11 Å². The van der Waals surface area contributed by atoms with E-state index in [0.29, 0.717) is 12.8 Å². The normalized spacial score (nSPS) is 36.7. The van der Waals surface area contributed by atoms with Gasteiger partial charge in [0.05, 0.1) is 5.92 Å². The van der Waals surface area contributed by atoms with Gasteiger partial charge in [0.25, 0.3) is 0 Å². The van der Waals surface area contributed by atoms with E-state index >= 15 is 0 Å². The molecule has 0 aromatic heterocycles. The highest BCUT2D eigenvalue weighted by molar-refractivity contribution is 5.76. The molecule has 3 rings (SSSR count). The zero-order chi connectivity index (χ0) is 9.59. The lowest BCUT2D eigenvalue weighted by Gasteiger charge is -2.54. The van der Waals surface area contributed by atoms with Crippen LogP contribution in [0.1, 0.15) is 26.2 Å². The van der Waals surface area contributed by atoms with Gasteiger partial charge in [0.1, 0.15) is 0 Å². The average molecular weight is 183 g/mol. The van der Waals surface area contributed by atoms with E-state index in [-0.39, 0.29) is 23.9 Å². The van der Waals surface area contributed by atoms with Gasteiger partial charge in [-0.25, -0.2) is 0 Å². The van der Waals surface area contributed by atoms with Crippen LogP contribution >= 0.6 is 0 Å². The van der Waals surface area contributed by atoms with Crippen molar-refractivity contribution in [2.75, 3.05) is 0 Å². The number of fused-ring (bicyclic) bond motifs is 2. The molecule has 2 aliphatic heterocycles. The third kappa shape index (κ3) is 1.20. The molecule has 1 amide bonds. The number of hydrogen-bond donors (Lipinski definition) is 1. The quantitative estimate of drug-likeness (QED) is 0.643. The molecule has 4 heteroatoms. The Balaban J connectivity index is 2.02. The second-order valence-corrected chi connectivity index (χ2v) is 3.98. The molecule has 2 saturated heterocycles. The van der Waals surface area contributed by atoms with Crippen molar-refractivity contribution in [2.24, 2.45) is 5.92 Å². The largest absolute Gasteiger partial charge is 0.481 e. The van der Waals surface area contributed by atoms with E-state index in [1.54, 1.807) is 6.92 Å². The molecule has 0 radical (unpaired) electrons. The van der Waals surface area contributed by atoms with Gasteiger partial charge in [-0.3, -0.25) is 9.59 Å². The average Bonchev–Trinajstić information content (AvgIpc) is 2.03. The highest BCUT2D eigenvalue weighted by Crippen LogP contribution is 2.41. The zero-order valence-electron chi connectivity index (χ0n) is 7.56. The fourth-order valence-electron chi connectivity index (χ4n) is 2.59. The summed E-state index contributed by atoms with van der Waals surface area (Å²) < 4.78 is 0. The molecule has 0 aromatic carbocycles. The van der Waals surface area contributed by atoms with Crippen molar-refractivity contribution in [3.05, 3.63) is 0 Å². The Morgan fingerprint density at radius 3 is 2.15 bits per heavy atom. The monoisotopic (exact) mass is 183 g/mol. The van der Waals surface area contributed by atoms with E-state index in [2.05, 4.69) is 0 Å². The summed E-state index contributed by atoms with van der Waals surface area (Å²) in [5.41, 5.74) is 0. The Morgan fingerprint density at radius 1 is 1.23 bits per heavy atom. The SMILES string of the molecule is CC(=O)N1C2CC(C(=O)O)CC1C2. The van der Waals surface area contributed by atoms with Gasteiger partial charge in [0.2, 0.25) is 5.91 Å². The maximum atomic E-state index is 11.1. The molecule has 3 fully saturated rings. The van der Waals surface area contributed by atoms with Crippen molar-refractivity contribution in [2.45, 2.75) is 38.3 Å². The zero-order valence-corrected chi connectivity index (χ0v) is 7.56. The molecule has 72 valence electrons. The predicted octanol–water partition coefficient (Wildman–Crippen LogP) is 0.470. The van der Waals surface area contributed by atoms with Crippen LogP contribution in [0.2, 0.25) is 0 Å². The van der Waals surface area contributed by atoms with Crippen LogP contribution in [0.3, 0.4) is 0 Å². The lowest BCUT2D eigenvalue weighted by atomic mass is 9.73. The summed E-state index contributed by atoms with van der Waals surface area (Å²) in [5.74, 6) is -0.845. The predicted molar refractivity (Wildman–Crippen MR) is 45.1 cm³/mol. The number of hydrogen-bond acceptors (Lipinski definition) is 2. The molecular weight excluding hydrogens is 170 g/mol. The van der Waals surface area contributed by atoms with Gasteiger partial charge < -0.3 is 10.0 Å². The maximum Gasteiger partial charge on any atom is 0.306 e. The number of nitrogens with zero attached hydrogens (tertiary/aromatic N) is 1. The first kappa shape index (κ1) is 8.53. The molecule has 13 heavy (non-hydrogen) atoms. The van der Waals surface area contributed by atoms with Crippen LogP contribution in [0.4, 0.5) is 0 Å². The van der Waals surface area contributed by atoms with Crippen LogP contribution < -0.4 is 0 Å². The summed E-state index contributed by atoms with van der Waals surface area (Å²) in [6, 6.07) is 0.412. The molecule has 1 saturated carbocycles. The van der Waals surface area contributed by atoms with E-state index in [9.17, 15) is 9.59 Å². The molecule has 2 heterocycles. The minimum absolute atomic E-state index is 0.0880. The standard InChI is InChI=1S/C9H13NO3/c1-5(11)10-7-2-6(9(12)13)3-8(10)4-7/h6-8H,2-4H2,1H3,(H,12,13). The number of amides is 1. The van der Waals surface area contributed by atoms with Gasteiger partial charge in [0.15, 0.2) is 0 Å². The van der Waals surface area contributed by atoms with Crippen molar-refractivity contribution in [3.63, 3.8) is 0 Å². The second kappa shape index (κ2) is 2.72. The van der Waals surface area contributed by atoms with Gasteiger partial charge in [-0.05, 0) is 19.3 Å². The summed E-state index contributed by atoms with van der Waals surface area (Å²) in [7, 11) is 0. The fourth-order valence-corrected chi connectivity index (χ4v) is 2.59. The number of carbonyl (C=O) groups excluding carboxylic acids is 1. The Morgan fingerprint density at radius 2 is 1.77 bits per heavy atom. The fraction of sp³-hybridized carbons (Fsp3) is 0.778. The molecular formula is C9H13NO3. The Bertz CT molecular complexity index is 252. The smallest absolute Gasteiger partial charge is 0.306 e. The van der Waals surface area contributed by atoms with Crippen LogP contribution in [0.5, 0.6) is 0 Å². The van der Waals surface area contributed by atoms with Crippen molar-refractivity contribution in [3.8, 4) is 0 Å². The van der Waals surface area contributed by atoms with Gasteiger partial charge in [-0.15, -0.1) is 0 Å². The number of rotatable bonds is 1. The summed E-state index contributed by atoms with van der Waals surface area (Å²) in [5, 5.41) is 8.80. The summed E-state index contributed by atoms with van der Waals surface area (Å²) in [4.78, 5) is 23.6.